The van der Waals surface area contributed by atoms with Crippen molar-refractivity contribution in [2.24, 2.45) is 5.10 Å². The lowest BCUT2D eigenvalue weighted by molar-refractivity contribution is -0.137. The number of fused-ring (bicyclic) bond motifs is 1. The Kier molecular flexibility index (Phi) is 5.12. The summed E-state index contributed by atoms with van der Waals surface area (Å²) in [4.78, 5) is 11.9. The number of carbonyl (C=O) groups is 1. The fourth-order valence-electron chi connectivity index (χ4n) is 2.67. The summed E-state index contributed by atoms with van der Waals surface area (Å²) in [6.45, 7) is 0. The van der Waals surface area contributed by atoms with Crippen molar-refractivity contribution >= 4 is 22.9 Å². The molecule has 7 heteroatoms. The number of hydrogen-bond donors (Lipinski definition) is 2. The molecule has 0 unspecified atom stereocenters. The molecule has 0 spiro atoms. The van der Waals surface area contributed by atoms with Crippen LogP contribution < -0.4 is 5.43 Å². The highest BCUT2D eigenvalue weighted by atomic mass is 19.4. The van der Waals surface area contributed by atoms with Gasteiger partial charge in [-0.1, -0.05) is 48.5 Å². The van der Waals surface area contributed by atoms with Crippen LogP contribution in [0.4, 0.5) is 13.2 Å². The van der Waals surface area contributed by atoms with Gasteiger partial charge < -0.3 is 5.11 Å². The molecule has 3 aromatic carbocycles. The number of rotatable bonds is 4. The molecule has 0 radical (unpaired) electrons. The first-order chi connectivity index (χ1) is 12.8. The number of benzene rings is 3. The molecule has 0 aliphatic carbocycles. The topological polar surface area (TPSA) is 61.7 Å². The first kappa shape index (κ1) is 18.4. The SMILES string of the molecule is O=C(Cc1cccc(C(F)(F)F)c1)NN=Cc1c(O)ccc2ccccc12. The van der Waals surface area contributed by atoms with Crippen LogP contribution in [-0.2, 0) is 17.4 Å². The number of phenolic OH excluding ortho intramolecular Hbond substituents is 1. The fraction of sp³-hybridized carbons (Fsp3) is 0.100. The number of phenols is 1. The normalized spacial score (nSPS) is 11.8. The second-order valence-electron chi connectivity index (χ2n) is 5.89. The summed E-state index contributed by atoms with van der Waals surface area (Å²) in [7, 11) is 0. The average molecular weight is 372 g/mol. The molecule has 0 aromatic heterocycles. The zero-order chi connectivity index (χ0) is 19.4. The first-order valence-corrected chi connectivity index (χ1v) is 8.03. The van der Waals surface area contributed by atoms with Gasteiger partial charge in [-0.05, 0) is 28.5 Å². The van der Waals surface area contributed by atoms with Crippen LogP contribution in [0.1, 0.15) is 16.7 Å². The molecular weight excluding hydrogens is 357 g/mol. The van der Waals surface area contributed by atoms with Gasteiger partial charge in [0.2, 0.25) is 5.91 Å². The summed E-state index contributed by atoms with van der Waals surface area (Å²) in [6.07, 6.45) is -3.40. The Morgan fingerprint density at radius 2 is 1.85 bits per heavy atom. The van der Waals surface area contributed by atoms with Gasteiger partial charge in [0.25, 0.3) is 0 Å². The number of amides is 1. The highest BCUT2D eigenvalue weighted by Crippen LogP contribution is 2.29. The van der Waals surface area contributed by atoms with Crippen molar-refractivity contribution in [1.82, 2.24) is 5.43 Å². The Morgan fingerprint density at radius 1 is 1.07 bits per heavy atom. The van der Waals surface area contributed by atoms with E-state index in [2.05, 4.69) is 10.5 Å². The number of hydrazone groups is 1. The zero-order valence-corrected chi connectivity index (χ0v) is 14.0. The summed E-state index contributed by atoms with van der Waals surface area (Å²) < 4.78 is 38.1. The molecule has 1 amide bonds. The van der Waals surface area contributed by atoms with Gasteiger partial charge in [0.15, 0.2) is 0 Å². The number of nitrogens with zero attached hydrogens (tertiary/aromatic N) is 1. The number of hydrogen-bond acceptors (Lipinski definition) is 3. The second-order valence-corrected chi connectivity index (χ2v) is 5.89. The van der Waals surface area contributed by atoms with Crippen LogP contribution in [0.15, 0.2) is 65.8 Å². The van der Waals surface area contributed by atoms with Gasteiger partial charge in [0.1, 0.15) is 5.75 Å². The molecule has 0 aliphatic rings. The van der Waals surface area contributed by atoms with Crippen LogP contribution in [0.3, 0.4) is 0 Å². The van der Waals surface area contributed by atoms with Crippen molar-refractivity contribution in [2.45, 2.75) is 12.6 Å². The summed E-state index contributed by atoms with van der Waals surface area (Å²) in [6, 6.07) is 15.2. The minimum atomic E-state index is -4.46. The maximum absolute atomic E-state index is 12.7. The minimum Gasteiger partial charge on any atom is -0.507 e. The Bertz CT molecular complexity index is 1010. The summed E-state index contributed by atoms with van der Waals surface area (Å²) >= 11 is 0. The third-order valence-electron chi connectivity index (χ3n) is 3.95. The minimum absolute atomic E-state index is 0.00424. The Hall–Kier alpha value is -3.35. The Balaban J connectivity index is 1.71. The van der Waals surface area contributed by atoms with Crippen molar-refractivity contribution in [3.05, 3.63) is 77.4 Å². The van der Waals surface area contributed by atoms with Crippen molar-refractivity contribution in [2.75, 3.05) is 0 Å². The number of carbonyl (C=O) groups excluding carboxylic acids is 1. The van der Waals surface area contributed by atoms with E-state index in [0.717, 1.165) is 22.9 Å². The molecule has 0 saturated carbocycles. The smallest absolute Gasteiger partial charge is 0.416 e. The van der Waals surface area contributed by atoms with Crippen LogP contribution in [-0.4, -0.2) is 17.2 Å². The number of nitrogens with one attached hydrogen (secondary N) is 1. The quantitative estimate of drug-likeness (QED) is 0.531. The first-order valence-electron chi connectivity index (χ1n) is 8.03. The molecular formula is C20H15F3N2O2. The van der Waals surface area contributed by atoms with Crippen molar-refractivity contribution in [1.29, 1.82) is 0 Å². The van der Waals surface area contributed by atoms with E-state index in [-0.39, 0.29) is 17.7 Å². The summed E-state index contributed by atoms with van der Waals surface area (Å²) in [5.74, 6) is -0.560. The van der Waals surface area contributed by atoms with Crippen LogP contribution >= 0.6 is 0 Å². The predicted molar refractivity (Wildman–Crippen MR) is 96.5 cm³/mol. The van der Waals surface area contributed by atoms with Crippen LogP contribution in [0.25, 0.3) is 10.8 Å². The van der Waals surface area contributed by atoms with Gasteiger partial charge in [-0.3, -0.25) is 4.79 Å². The lowest BCUT2D eigenvalue weighted by Crippen LogP contribution is -2.20. The highest BCUT2D eigenvalue weighted by Gasteiger charge is 2.30. The molecule has 3 aromatic rings. The average Bonchev–Trinajstić information content (AvgIpc) is 2.63. The molecule has 2 N–H and O–H groups in total. The molecule has 0 fully saturated rings. The molecule has 27 heavy (non-hydrogen) atoms. The Labute approximate surface area is 152 Å². The van der Waals surface area contributed by atoms with E-state index < -0.39 is 17.6 Å². The lowest BCUT2D eigenvalue weighted by atomic mass is 10.0. The van der Waals surface area contributed by atoms with Gasteiger partial charge in [-0.2, -0.15) is 18.3 Å². The third kappa shape index (κ3) is 4.44. The second kappa shape index (κ2) is 7.49. The fourth-order valence-corrected chi connectivity index (χ4v) is 2.67. The molecule has 0 heterocycles. The molecule has 0 saturated heterocycles. The molecule has 138 valence electrons. The lowest BCUT2D eigenvalue weighted by Gasteiger charge is -2.08. The molecule has 3 rings (SSSR count). The van der Waals surface area contributed by atoms with Crippen LogP contribution in [0.2, 0.25) is 0 Å². The Morgan fingerprint density at radius 3 is 2.63 bits per heavy atom. The zero-order valence-electron chi connectivity index (χ0n) is 14.0. The van der Waals surface area contributed by atoms with Gasteiger partial charge in [-0.25, -0.2) is 5.43 Å². The maximum atomic E-state index is 12.7. The van der Waals surface area contributed by atoms with E-state index in [1.165, 1.54) is 24.4 Å². The van der Waals surface area contributed by atoms with E-state index >= 15 is 0 Å². The monoisotopic (exact) mass is 372 g/mol. The standard InChI is InChI=1S/C20H15F3N2O2/c21-20(22,23)15-6-3-4-13(10-15)11-19(27)25-24-12-17-16-7-2-1-5-14(16)8-9-18(17)26/h1-10,12,26H,11H2,(H,25,27). The number of aromatic hydroxyl groups is 1. The maximum Gasteiger partial charge on any atom is 0.416 e. The van der Waals surface area contributed by atoms with Gasteiger partial charge in [0, 0.05) is 5.56 Å². The van der Waals surface area contributed by atoms with E-state index in [9.17, 15) is 23.1 Å². The number of alkyl halides is 3. The largest absolute Gasteiger partial charge is 0.507 e. The molecule has 0 aliphatic heterocycles. The van der Waals surface area contributed by atoms with Gasteiger partial charge >= 0.3 is 6.18 Å². The summed E-state index contributed by atoms with van der Waals surface area (Å²) in [5.41, 5.74) is 2.12. The van der Waals surface area contributed by atoms with Crippen molar-refractivity contribution in [3.63, 3.8) is 0 Å². The number of halogens is 3. The van der Waals surface area contributed by atoms with Gasteiger partial charge in [0.05, 0.1) is 18.2 Å². The highest BCUT2D eigenvalue weighted by molar-refractivity contribution is 6.02. The van der Waals surface area contributed by atoms with E-state index in [1.54, 1.807) is 12.1 Å². The molecule has 4 nitrogen and oxygen atoms in total. The van der Waals surface area contributed by atoms with Crippen LogP contribution in [0, 0.1) is 0 Å². The van der Waals surface area contributed by atoms with E-state index in [1.807, 2.05) is 18.2 Å². The predicted octanol–water partition coefficient (Wildman–Crippen LogP) is 4.26. The summed E-state index contributed by atoms with van der Waals surface area (Å²) in [5, 5.41) is 15.5. The molecule has 0 bridgehead atoms. The van der Waals surface area contributed by atoms with Crippen molar-refractivity contribution in [3.8, 4) is 5.75 Å². The third-order valence-corrected chi connectivity index (χ3v) is 3.95. The van der Waals surface area contributed by atoms with Crippen molar-refractivity contribution < 1.29 is 23.1 Å². The van der Waals surface area contributed by atoms with E-state index in [0.29, 0.717) is 5.56 Å². The van der Waals surface area contributed by atoms with Crippen LogP contribution in [0.5, 0.6) is 5.75 Å². The molecule has 0 atom stereocenters. The van der Waals surface area contributed by atoms with Gasteiger partial charge in [-0.15, -0.1) is 0 Å². The van der Waals surface area contributed by atoms with E-state index in [4.69, 9.17) is 0 Å².